The normalized spacial score (nSPS) is 28.7. The number of carbonyl (C=O) groups excluding carboxylic acids is 1. The number of nitrogens with zero attached hydrogens (tertiary/aromatic N) is 2. The maximum absolute atomic E-state index is 12.4. The fourth-order valence-electron chi connectivity index (χ4n) is 3.55. The maximum atomic E-state index is 12.4. The smallest absolute Gasteiger partial charge is 0.255 e. The van der Waals surface area contributed by atoms with E-state index in [1.165, 1.54) is 12.8 Å². The van der Waals surface area contributed by atoms with Gasteiger partial charge in [0.25, 0.3) is 5.91 Å². The van der Waals surface area contributed by atoms with Crippen molar-refractivity contribution < 1.29 is 4.79 Å². The third kappa shape index (κ3) is 1.98. The molecule has 2 aromatic rings. The summed E-state index contributed by atoms with van der Waals surface area (Å²) in [5.41, 5.74) is 1.53. The molecule has 0 spiro atoms. The zero-order valence-electron chi connectivity index (χ0n) is 11.2. The van der Waals surface area contributed by atoms with Crippen molar-refractivity contribution in [2.45, 2.75) is 43.8 Å². The van der Waals surface area contributed by atoms with E-state index < -0.39 is 0 Å². The molecule has 2 N–H and O–H groups in total. The first-order chi connectivity index (χ1) is 9.79. The molecule has 0 saturated carbocycles. The Morgan fingerprint density at radius 2 is 2.10 bits per heavy atom. The van der Waals surface area contributed by atoms with Crippen molar-refractivity contribution in [1.29, 1.82) is 0 Å². The number of hydrogen-bond acceptors (Lipinski definition) is 3. The van der Waals surface area contributed by atoms with Gasteiger partial charge in [0.1, 0.15) is 0 Å². The van der Waals surface area contributed by atoms with E-state index in [1.807, 2.05) is 24.4 Å². The van der Waals surface area contributed by atoms with E-state index in [0.29, 0.717) is 23.7 Å². The Labute approximate surface area is 117 Å². The van der Waals surface area contributed by atoms with Crippen molar-refractivity contribution in [3.63, 3.8) is 0 Å². The summed E-state index contributed by atoms with van der Waals surface area (Å²) in [6.07, 6.45) is 8.08. The van der Waals surface area contributed by atoms with Gasteiger partial charge in [-0.25, -0.2) is 4.52 Å². The minimum absolute atomic E-state index is 0.00231. The highest BCUT2D eigenvalue weighted by atomic mass is 16.1. The van der Waals surface area contributed by atoms with Crippen LogP contribution < -0.4 is 10.6 Å². The highest BCUT2D eigenvalue weighted by Crippen LogP contribution is 2.27. The van der Waals surface area contributed by atoms with E-state index >= 15 is 0 Å². The van der Waals surface area contributed by atoms with E-state index in [-0.39, 0.29) is 5.91 Å². The average Bonchev–Trinajstić information content (AvgIpc) is 3.02. The lowest BCUT2D eigenvalue weighted by atomic mass is 9.99. The average molecular weight is 270 g/mol. The van der Waals surface area contributed by atoms with E-state index in [9.17, 15) is 4.79 Å². The number of pyridine rings is 1. The fourth-order valence-corrected chi connectivity index (χ4v) is 3.55. The van der Waals surface area contributed by atoms with E-state index in [4.69, 9.17) is 0 Å². The lowest BCUT2D eigenvalue weighted by Gasteiger charge is -2.29. The van der Waals surface area contributed by atoms with Crippen LogP contribution in [0, 0.1) is 0 Å². The lowest BCUT2D eigenvalue weighted by Crippen LogP contribution is -2.48. The molecule has 104 valence electrons. The van der Waals surface area contributed by atoms with Gasteiger partial charge in [0.2, 0.25) is 0 Å². The SMILES string of the molecule is O=C(NC1CC2CCC(C1)N2)c1cnn2ccccc12. The van der Waals surface area contributed by atoms with Gasteiger partial charge in [-0.15, -0.1) is 0 Å². The van der Waals surface area contributed by atoms with Crippen LogP contribution in [0.3, 0.4) is 0 Å². The molecule has 2 saturated heterocycles. The van der Waals surface area contributed by atoms with Crippen molar-refractivity contribution in [2.24, 2.45) is 0 Å². The van der Waals surface area contributed by atoms with Gasteiger partial charge in [0.05, 0.1) is 17.3 Å². The molecule has 2 atom stereocenters. The van der Waals surface area contributed by atoms with Gasteiger partial charge in [0.15, 0.2) is 0 Å². The van der Waals surface area contributed by atoms with Crippen LogP contribution in [0.1, 0.15) is 36.0 Å². The van der Waals surface area contributed by atoms with E-state index in [2.05, 4.69) is 15.7 Å². The van der Waals surface area contributed by atoms with Crippen LogP contribution >= 0.6 is 0 Å². The van der Waals surface area contributed by atoms with Gasteiger partial charge in [-0.3, -0.25) is 4.79 Å². The van der Waals surface area contributed by atoms with Crippen LogP contribution in [0.5, 0.6) is 0 Å². The minimum atomic E-state index is -0.00231. The Hall–Kier alpha value is -1.88. The Morgan fingerprint density at radius 3 is 2.90 bits per heavy atom. The largest absolute Gasteiger partial charge is 0.349 e. The molecule has 2 aliphatic heterocycles. The highest BCUT2D eigenvalue weighted by molar-refractivity contribution is 6.00. The predicted octanol–water partition coefficient (Wildman–Crippen LogP) is 1.35. The first-order valence-electron chi connectivity index (χ1n) is 7.29. The number of piperidine rings is 1. The molecule has 2 aliphatic rings. The number of amides is 1. The van der Waals surface area contributed by atoms with Crippen LogP contribution in [0.2, 0.25) is 0 Å². The Morgan fingerprint density at radius 1 is 1.30 bits per heavy atom. The van der Waals surface area contributed by atoms with E-state index in [1.54, 1.807) is 10.7 Å². The van der Waals surface area contributed by atoms with Crippen molar-refractivity contribution in [3.05, 3.63) is 36.2 Å². The van der Waals surface area contributed by atoms with Crippen LogP contribution in [0.25, 0.3) is 5.52 Å². The number of aromatic nitrogens is 2. The molecular formula is C15H18N4O. The molecule has 20 heavy (non-hydrogen) atoms. The second kappa shape index (κ2) is 4.59. The molecule has 0 aliphatic carbocycles. The zero-order valence-corrected chi connectivity index (χ0v) is 11.2. The number of fused-ring (bicyclic) bond motifs is 3. The molecule has 0 aromatic carbocycles. The molecular weight excluding hydrogens is 252 g/mol. The molecule has 5 nitrogen and oxygen atoms in total. The highest BCUT2D eigenvalue weighted by Gasteiger charge is 2.34. The van der Waals surface area contributed by atoms with Crippen LogP contribution in [0.4, 0.5) is 0 Å². The molecule has 2 unspecified atom stereocenters. The summed E-state index contributed by atoms with van der Waals surface area (Å²) >= 11 is 0. The summed E-state index contributed by atoms with van der Waals surface area (Å²) < 4.78 is 1.74. The second-order valence-corrected chi connectivity index (χ2v) is 5.87. The number of carbonyl (C=O) groups is 1. The fraction of sp³-hybridized carbons (Fsp3) is 0.467. The van der Waals surface area contributed by atoms with Crippen LogP contribution in [-0.4, -0.2) is 33.6 Å². The molecule has 2 aromatic heterocycles. The van der Waals surface area contributed by atoms with Gasteiger partial charge in [0, 0.05) is 24.3 Å². The quantitative estimate of drug-likeness (QED) is 0.866. The minimum Gasteiger partial charge on any atom is -0.349 e. The molecule has 2 fully saturated rings. The molecule has 5 heteroatoms. The standard InChI is InChI=1S/C15H18N4O/c20-15(13-9-16-19-6-2-1-3-14(13)19)18-12-7-10-4-5-11(8-12)17-10/h1-3,6,9-12,17H,4-5,7-8H2,(H,18,20). The molecule has 0 radical (unpaired) electrons. The first-order valence-corrected chi connectivity index (χ1v) is 7.29. The molecule has 1 amide bonds. The Kier molecular flexibility index (Phi) is 2.73. The summed E-state index contributed by atoms with van der Waals surface area (Å²) in [4.78, 5) is 12.4. The summed E-state index contributed by atoms with van der Waals surface area (Å²) in [6, 6.07) is 7.23. The van der Waals surface area contributed by atoms with Crippen molar-refractivity contribution in [3.8, 4) is 0 Å². The zero-order chi connectivity index (χ0) is 13.5. The maximum Gasteiger partial charge on any atom is 0.255 e. The monoisotopic (exact) mass is 270 g/mol. The van der Waals surface area contributed by atoms with Gasteiger partial charge in [-0.05, 0) is 37.8 Å². The third-order valence-corrected chi connectivity index (χ3v) is 4.48. The second-order valence-electron chi connectivity index (χ2n) is 5.87. The van der Waals surface area contributed by atoms with Crippen molar-refractivity contribution >= 4 is 11.4 Å². The van der Waals surface area contributed by atoms with Crippen molar-refractivity contribution in [1.82, 2.24) is 20.2 Å². The number of nitrogens with one attached hydrogen (secondary N) is 2. The van der Waals surface area contributed by atoms with Gasteiger partial charge < -0.3 is 10.6 Å². The summed E-state index contributed by atoms with van der Waals surface area (Å²) in [5, 5.41) is 11.0. The topological polar surface area (TPSA) is 58.4 Å². The van der Waals surface area contributed by atoms with E-state index in [0.717, 1.165) is 18.4 Å². The van der Waals surface area contributed by atoms with Crippen LogP contribution in [-0.2, 0) is 0 Å². The molecule has 4 rings (SSSR count). The third-order valence-electron chi connectivity index (χ3n) is 4.48. The van der Waals surface area contributed by atoms with Gasteiger partial charge in [-0.1, -0.05) is 6.07 Å². The summed E-state index contributed by atoms with van der Waals surface area (Å²) in [5.74, 6) is -0.00231. The summed E-state index contributed by atoms with van der Waals surface area (Å²) in [7, 11) is 0. The Bertz CT molecular complexity index is 638. The van der Waals surface area contributed by atoms with Gasteiger partial charge >= 0.3 is 0 Å². The Balaban J connectivity index is 1.53. The number of rotatable bonds is 2. The molecule has 2 bridgehead atoms. The first kappa shape index (κ1) is 11.9. The van der Waals surface area contributed by atoms with Crippen LogP contribution in [0.15, 0.2) is 30.6 Å². The molecule has 4 heterocycles. The van der Waals surface area contributed by atoms with Gasteiger partial charge in [-0.2, -0.15) is 5.10 Å². The lowest BCUT2D eigenvalue weighted by molar-refractivity contribution is 0.0925. The number of hydrogen-bond donors (Lipinski definition) is 2. The predicted molar refractivity (Wildman–Crippen MR) is 75.6 cm³/mol. The summed E-state index contributed by atoms with van der Waals surface area (Å²) in [6.45, 7) is 0. The van der Waals surface area contributed by atoms with Crippen molar-refractivity contribution in [2.75, 3.05) is 0 Å².